The summed E-state index contributed by atoms with van der Waals surface area (Å²) in [6.45, 7) is 4.55. The Kier molecular flexibility index (Phi) is 4.69. The Morgan fingerprint density at radius 1 is 1.06 bits per heavy atom. The standard InChI is InChI=1S/C12H13BrO4/c1-7(13)10-4-11(16-8(2)14)6-12(5-10)17-9(3)15/h4-7H,1-3H3/t7-/m1/s1. The first kappa shape index (κ1) is 13.7. The largest absolute Gasteiger partial charge is 0.427 e. The van der Waals surface area contributed by atoms with Crippen molar-refractivity contribution in [1.29, 1.82) is 0 Å². The van der Waals surface area contributed by atoms with Crippen LogP contribution >= 0.6 is 15.9 Å². The molecule has 0 aliphatic heterocycles. The van der Waals surface area contributed by atoms with Gasteiger partial charge >= 0.3 is 11.9 Å². The lowest BCUT2D eigenvalue weighted by Crippen LogP contribution is -2.05. The fourth-order valence-electron chi connectivity index (χ4n) is 1.27. The van der Waals surface area contributed by atoms with Crippen LogP contribution in [0.4, 0.5) is 0 Å². The predicted octanol–water partition coefficient (Wildman–Crippen LogP) is 2.99. The van der Waals surface area contributed by atoms with Gasteiger partial charge in [-0.25, -0.2) is 0 Å². The summed E-state index contributed by atoms with van der Waals surface area (Å²) in [4.78, 5) is 21.8. The summed E-state index contributed by atoms with van der Waals surface area (Å²) < 4.78 is 9.95. The molecule has 1 aromatic rings. The van der Waals surface area contributed by atoms with E-state index in [4.69, 9.17) is 9.47 Å². The van der Waals surface area contributed by atoms with Crippen LogP contribution in [0, 0.1) is 0 Å². The van der Waals surface area contributed by atoms with Crippen molar-refractivity contribution in [2.24, 2.45) is 0 Å². The molecule has 0 bridgehead atoms. The summed E-state index contributed by atoms with van der Waals surface area (Å²) in [6, 6.07) is 4.93. The molecule has 17 heavy (non-hydrogen) atoms. The average molecular weight is 301 g/mol. The maximum atomic E-state index is 10.9. The lowest BCUT2D eigenvalue weighted by molar-refractivity contribution is -0.132. The Morgan fingerprint density at radius 2 is 1.47 bits per heavy atom. The minimum absolute atomic E-state index is 0.0623. The second kappa shape index (κ2) is 5.82. The fourth-order valence-corrected chi connectivity index (χ4v) is 1.54. The lowest BCUT2D eigenvalue weighted by Gasteiger charge is -2.10. The second-order valence-corrected chi connectivity index (χ2v) is 4.91. The Labute approximate surface area is 108 Å². The number of hydrogen-bond acceptors (Lipinski definition) is 4. The molecule has 1 rings (SSSR count). The molecular formula is C12H13BrO4. The second-order valence-electron chi connectivity index (χ2n) is 3.54. The maximum Gasteiger partial charge on any atom is 0.308 e. The molecule has 0 spiro atoms. The third-order valence-corrected chi connectivity index (χ3v) is 2.41. The third kappa shape index (κ3) is 4.56. The van der Waals surface area contributed by atoms with Crippen molar-refractivity contribution in [3.05, 3.63) is 23.8 Å². The molecule has 4 nitrogen and oxygen atoms in total. The van der Waals surface area contributed by atoms with Gasteiger partial charge in [0, 0.05) is 24.7 Å². The summed E-state index contributed by atoms with van der Waals surface area (Å²) >= 11 is 3.40. The first-order chi connectivity index (χ1) is 7.88. The van der Waals surface area contributed by atoms with Crippen molar-refractivity contribution in [3.63, 3.8) is 0 Å². The van der Waals surface area contributed by atoms with Gasteiger partial charge in [-0.15, -0.1) is 0 Å². The molecule has 0 saturated carbocycles. The molecule has 0 radical (unpaired) electrons. The van der Waals surface area contributed by atoms with Crippen molar-refractivity contribution in [2.75, 3.05) is 0 Å². The van der Waals surface area contributed by atoms with Crippen LogP contribution < -0.4 is 9.47 Å². The summed E-state index contributed by atoms with van der Waals surface area (Å²) in [7, 11) is 0. The monoisotopic (exact) mass is 300 g/mol. The van der Waals surface area contributed by atoms with E-state index in [1.54, 1.807) is 12.1 Å². The topological polar surface area (TPSA) is 52.6 Å². The maximum absolute atomic E-state index is 10.9. The van der Waals surface area contributed by atoms with Crippen LogP contribution in [0.5, 0.6) is 11.5 Å². The molecule has 0 unspecified atom stereocenters. The van der Waals surface area contributed by atoms with Crippen LogP contribution in [-0.4, -0.2) is 11.9 Å². The summed E-state index contributed by atoms with van der Waals surface area (Å²) in [5, 5.41) is 0. The zero-order chi connectivity index (χ0) is 13.0. The highest BCUT2D eigenvalue weighted by atomic mass is 79.9. The molecule has 0 amide bonds. The molecule has 0 aliphatic rings. The van der Waals surface area contributed by atoms with E-state index in [1.807, 2.05) is 6.92 Å². The van der Waals surface area contributed by atoms with E-state index in [2.05, 4.69) is 15.9 Å². The number of halogens is 1. The highest BCUT2D eigenvalue weighted by Crippen LogP contribution is 2.30. The minimum atomic E-state index is -0.418. The molecule has 1 aromatic carbocycles. The molecule has 0 saturated heterocycles. The SMILES string of the molecule is CC(=O)Oc1cc(OC(C)=O)cc([C@@H](C)Br)c1. The van der Waals surface area contributed by atoms with E-state index in [-0.39, 0.29) is 4.83 Å². The Balaban J connectivity index is 3.08. The summed E-state index contributed by atoms with van der Waals surface area (Å²) in [5.74, 6) is -0.119. The van der Waals surface area contributed by atoms with Gasteiger partial charge < -0.3 is 9.47 Å². The van der Waals surface area contributed by atoms with Crippen molar-refractivity contribution in [3.8, 4) is 11.5 Å². The van der Waals surface area contributed by atoms with Crippen LogP contribution in [0.1, 0.15) is 31.2 Å². The van der Waals surface area contributed by atoms with Crippen LogP contribution in [0.3, 0.4) is 0 Å². The van der Waals surface area contributed by atoms with Gasteiger partial charge in [0.25, 0.3) is 0 Å². The minimum Gasteiger partial charge on any atom is -0.427 e. The van der Waals surface area contributed by atoms with Gasteiger partial charge in [-0.05, 0) is 24.6 Å². The Morgan fingerprint density at radius 3 is 1.76 bits per heavy atom. The normalized spacial score (nSPS) is 11.8. The highest BCUT2D eigenvalue weighted by Gasteiger charge is 2.09. The van der Waals surface area contributed by atoms with E-state index in [0.29, 0.717) is 11.5 Å². The molecule has 92 valence electrons. The number of rotatable bonds is 3. The Hall–Kier alpha value is -1.36. The van der Waals surface area contributed by atoms with Gasteiger partial charge in [0.2, 0.25) is 0 Å². The first-order valence-electron chi connectivity index (χ1n) is 5.04. The Bertz CT molecular complexity index is 406. The van der Waals surface area contributed by atoms with Crippen molar-refractivity contribution >= 4 is 27.9 Å². The lowest BCUT2D eigenvalue weighted by atomic mass is 10.1. The zero-order valence-electron chi connectivity index (χ0n) is 9.82. The number of carbonyl (C=O) groups excluding carboxylic acids is 2. The summed E-state index contributed by atoms with van der Waals surface area (Å²) in [6.07, 6.45) is 0. The summed E-state index contributed by atoms with van der Waals surface area (Å²) in [5.41, 5.74) is 0.861. The van der Waals surface area contributed by atoms with E-state index >= 15 is 0 Å². The molecule has 0 N–H and O–H groups in total. The van der Waals surface area contributed by atoms with Gasteiger partial charge in [0.1, 0.15) is 11.5 Å². The number of alkyl halides is 1. The molecule has 0 heterocycles. The van der Waals surface area contributed by atoms with E-state index < -0.39 is 11.9 Å². The first-order valence-corrected chi connectivity index (χ1v) is 5.96. The highest BCUT2D eigenvalue weighted by molar-refractivity contribution is 9.09. The predicted molar refractivity (Wildman–Crippen MR) is 66.4 cm³/mol. The molecule has 0 aliphatic carbocycles. The van der Waals surface area contributed by atoms with Gasteiger partial charge in [-0.2, -0.15) is 0 Å². The van der Waals surface area contributed by atoms with Crippen molar-refractivity contribution in [1.82, 2.24) is 0 Å². The van der Waals surface area contributed by atoms with Crippen molar-refractivity contribution in [2.45, 2.75) is 25.6 Å². The molecule has 0 aromatic heterocycles. The smallest absolute Gasteiger partial charge is 0.308 e. The van der Waals surface area contributed by atoms with Crippen LogP contribution in [0.2, 0.25) is 0 Å². The van der Waals surface area contributed by atoms with Gasteiger partial charge in [-0.1, -0.05) is 15.9 Å². The zero-order valence-corrected chi connectivity index (χ0v) is 11.4. The van der Waals surface area contributed by atoms with Crippen LogP contribution in [0.25, 0.3) is 0 Å². The number of hydrogen-bond donors (Lipinski definition) is 0. The quantitative estimate of drug-likeness (QED) is 0.489. The molecule has 1 atom stereocenters. The van der Waals surface area contributed by atoms with E-state index in [1.165, 1.54) is 19.9 Å². The number of carbonyl (C=O) groups is 2. The third-order valence-electron chi connectivity index (χ3n) is 1.88. The number of ether oxygens (including phenoxy) is 2. The van der Waals surface area contributed by atoms with Crippen LogP contribution in [0.15, 0.2) is 18.2 Å². The van der Waals surface area contributed by atoms with Gasteiger partial charge in [0.05, 0.1) is 0 Å². The van der Waals surface area contributed by atoms with E-state index in [0.717, 1.165) is 5.56 Å². The fraction of sp³-hybridized carbons (Fsp3) is 0.333. The van der Waals surface area contributed by atoms with Gasteiger partial charge in [0.15, 0.2) is 0 Å². The molecule has 0 fully saturated rings. The molecular weight excluding hydrogens is 288 g/mol. The molecule has 5 heteroatoms. The van der Waals surface area contributed by atoms with E-state index in [9.17, 15) is 9.59 Å². The van der Waals surface area contributed by atoms with Crippen LogP contribution in [-0.2, 0) is 9.59 Å². The number of benzene rings is 1. The average Bonchev–Trinajstić information content (AvgIpc) is 2.14. The number of esters is 2. The van der Waals surface area contributed by atoms with Gasteiger partial charge in [-0.3, -0.25) is 9.59 Å². The van der Waals surface area contributed by atoms with Crippen molar-refractivity contribution < 1.29 is 19.1 Å².